The van der Waals surface area contributed by atoms with Gasteiger partial charge in [0.25, 0.3) is 5.91 Å². The zero-order chi connectivity index (χ0) is 22.3. The molecule has 1 unspecified atom stereocenters. The number of halogens is 4. The van der Waals surface area contributed by atoms with Crippen LogP contribution in [0.15, 0.2) is 34.9 Å². The number of pyridine rings is 2. The minimum Gasteiger partial charge on any atom is -0.366 e. The highest BCUT2D eigenvalue weighted by Gasteiger charge is 2.41. The first-order chi connectivity index (χ1) is 14.6. The number of urea groups is 1. The zero-order valence-electron chi connectivity index (χ0n) is 16.3. The van der Waals surface area contributed by atoms with Crippen LogP contribution in [0.4, 0.5) is 35.3 Å². The van der Waals surface area contributed by atoms with E-state index in [2.05, 4.69) is 31.2 Å². The molecule has 2 atom stereocenters. The van der Waals surface area contributed by atoms with Crippen molar-refractivity contribution in [2.45, 2.75) is 31.6 Å². The lowest BCUT2D eigenvalue weighted by Gasteiger charge is -2.35. The highest BCUT2D eigenvalue weighted by Crippen LogP contribution is 2.39. The van der Waals surface area contributed by atoms with E-state index in [-0.39, 0.29) is 17.6 Å². The molecule has 4 rings (SSSR count). The van der Waals surface area contributed by atoms with Gasteiger partial charge in [-0.2, -0.15) is 13.2 Å². The maximum absolute atomic E-state index is 13.1. The third-order valence-electron chi connectivity index (χ3n) is 5.20. The van der Waals surface area contributed by atoms with Crippen molar-refractivity contribution in [2.75, 3.05) is 28.2 Å². The first kappa shape index (κ1) is 21.3. The molecule has 2 aromatic rings. The number of carbonyl (C=O) groups is 2. The Hall–Kier alpha value is -2.89. The van der Waals surface area contributed by atoms with Gasteiger partial charge in [0.2, 0.25) is 0 Å². The van der Waals surface area contributed by atoms with Crippen molar-refractivity contribution in [1.82, 2.24) is 15.3 Å². The van der Waals surface area contributed by atoms with Crippen LogP contribution in [-0.2, 0) is 0 Å². The van der Waals surface area contributed by atoms with Crippen molar-refractivity contribution in [3.8, 4) is 0 Å². The lowest BCUT2D eigenvalue weighted by atomic mass is 10.1. The number of amides is 3. The third-order valence-corrected chi connectivity index (χ3v) is 5.69. The summed E-state index contributed by atoms with van der Waals surface area (Å²) in [5, 5.41) is 4.61. The van der Waals surface area contributed by atoms with E-state index < -0.39 is 24.2 Å². The lowest BCUT2D eigenvalue weighted by Crippen LogP contribution is -2.49. The van der Waals surface area contributed by atoms with Crippen LogP contribution in [0, 0.1) is 0 Å². The predicted octanol–water partition coefficient (Wildman–Crippen LogP) is 3.55. The van der Waals surface area contributed by atoms with Gasteiger partial charge < -0.3 is 10.2 Å². The van der Waals surface area contributed by atoms with E-state index >= 15 is 0 Å². The number of carbonyl (C=O) groups excluding carboxylic acids is 2. The molecule has 0 saturated carbocycles. The molecule has 0 radical (unpaired) electrons. The number of anilines is 3. The van der Waals surface area contributed by atoms with Crippen LogP contribution >= 0.6 is 15.9 Å². The minimum absolute atomic E-state index is 0.181. The van der Waals surface area contributed by atoms with Gasteiger partial charge in [-0.05, 0) is 37.6 Å². The van der Waals surface area contributed by atoms with E-state index in [0.29, 0.717) is 31.0 Å². The summed E-state index contributed by atoms with van der Waals surface area (Å²) in [7, 11) is 0. The molecule has 3 amide bonds. The van der Waals surface area contributed by atoms with E-state index in [9.17, 15) is 22.8 Å². The van der Waals surface area contributed by atoms with Gasteiger partial charge in [0.15, 0.2) is 5.82 Å². The van der Waals surface area contributed by atoms with Crippen LogP contribution in [-0.4, -0.2) is 53.3 Å². The van der Waals surface area contributed by atoms with Gasteiger partial charge in [-0.3, -0.25) is 15.0 Å². The van der Waals surface area contributed by atoms with Crippen LogP contribution in [0.5, 0.6) is 0 Å². The first-order valence-corrected chi connectivity index (χ1v) is 10.3. The molecule has 2 aromatic heterocycles. The summed E-state index contributed by atoms with van der Waals surface area (Å²) in [4.78, 5) is 37.3. The van der Waals surface area contributed by atoms with Crippen molar-refractivity contribution in [1.29, 1.82) is 0 Å². The minimum atomic E-state index is -4.57. The molecule has 8 nitrogen and oxygen atoms in total. The summed E-state index contributed by atoms with van der Waals surface area (Å²) < 4.78 is 39.1. The highest BCUT2D eigenvalue weighted by atomic mass is 79.9. The number of alkyl halides is 3. The van der Waals surface area contributed by atoms with Crippen molar-refractivity contribution in [3.05, 3.63) is 40.6 Å². The first-order valence-electron chi connectivity index (χ1n) is 9.49. The summed E-state index contributed by atoms with van der Waals surface area (Å²) in [5.74, 6) is -0.405. The van der Waals surface area contributed by atoms with E-state index in [1.165, 1.54) is 17.2 Å². The summed E-state index contributed by atoms with van der Waals surface area (Å²) in [6.07, 6.45) is -2.34. The maximum atomic E-state index is 13.1. The van der Waals surface area contributed by atoms with Gasteiger partial charge in [0.05, 0.1) is 11.7 Å². The Bertz CT molecular complexity index is 1030. The fourth-order valence-corrected chi connectivity index (χ4v) is 3.93. The molecule has 1 fully saturated rings. The Morgan fingerprint density at radius 2 is 2.06 bits per heavy atom. The standard InChI is InChI=1S/C19H18BrF3N6O2/c1-10(19(21,22)23)25-17(30)13-2-3-14-16(26-13)29(12-5-7-28(14)9-12)18(31)27-15-8-11(20)4-6-24-15/h2-4,6,8,10,12H,5,7,9H2,1H3,(H,25,30)(H,24,27,31)/t10?,12-/m0/s1. The average Bonchev–Trinajstić information content (AvgIpc) is 3.11. The summed E-state index contributed by atoms with van der Waals surface area (Å²) >= 11 is 3.32. The number of nitrogens with zero attached hydrogens (tertiary/aromatic N) is 4. The number of aromatic nitrogens is 2. The van der Waals surface area contributed by atoms with Gasteiger partial charge in [0.1, 0.15) is 17.6 Å². The predicted molar refractivity (Wildman–Crippen MR) is 111 cm³/mol. The van der Waals surface area contributed by atoms with E-state index in [0.717, 1.165) is 11.4 Å². The van der Waals surface area contributed by atoms with Crippen LogP contribution in [0.3, 0.4) is 0 Å². The molecule has 0 spiro atoms. The second-order valence-corrected chi connectivity index (χ2v) is 8.24. The number of fused-ring (bicyclic) bond motifs is 4. The van der Waals surface area contributed by atoms with Gasteiger partial charge in [-0.15, -0.1) is 0 Å². The Morgan fingerprint density at radius 3 is 2.77 bits per heavy atom. The summed E-state index contributed by atoms with van der Waals surface area (Å²) in [6.45, 7) is 2.16. The molecule has 0 aliphatic carbocycles. The van der Waals surface area contributed by atoms with Gasteiger partial charge >= 0.3 is 12.2 Å². The molecule has 31 heavy (non-hydrogen) atoms. The molecular weight excluding hydrogens is 481 g/mol. The SMILES string of the molecule is CC(NC(=O)c1ccc2c(n1)N(C(=O)Nc1cc(Br)ccn1)[C@H]1CCN2C1)C(F)(F)F. The maximum Gasteiger partial charge on any atom is 0.408 e. The molecule has 0 aromatic carbocycles. The van der Waals surface area contributed by atoms with Crippen LogP contribution in [0.1, 0.15) is 23.8 Å². The van der Waals surface area contributed by atoms with E-state index in [4.69, 9.17) is 0 Å². The van der Waals surface area contributed by atoms with E-state index in [1.54, 1.807) is 18.2 Å². The second-order valence-electron chi connectivity index (χ2n) is 7.32. The van der Waals surface area contributed by atoms with Crippen molar-refractivity contribution in [2.24, 2.45) is 0 Å². The average molecular weight is 499 g/mol. The largest absolute Gasteiger partial charge is 0.408 e. The molecular formula is C19H18BrF3N6O2. The Balaban J connectivity index is 1.63. The molecule has 164 valence electrons. The third kappa shape index (κ3) is 4.29. The normalized spacial score (nSPS) is 18.4. The fraction of sp³-hybridized carbons (Fsp3) is 0.368. The number of hydrogen-bond acceptors (Lipinski definition) is 5. The molecule has 4 heterocycles. The number of rotatable bonds is 3. The van der Waals surface area contributed by atoms with Crippen LogP contribution in [0.2, 0.25) is 0 Å². The Labute approximate surface area is 184 Å². The van der Waals surface area contributed by atoms with Gasteiger partial charge in [0, 0.05) is 23.8 Å². The molecule has 2 aliphatic rings. The monoisotopic (exact) mass is 498 g/mol. The number of hydrogen-bond donors (Lipinski definition) is 2. The molecule has 2 bridgehead atoms. The molecule has 2 aliphatic heterocycles. The van der Waals surface area contributed by atoms with Gasteiger partial charge in [-0.1, -0.05) is 15.9 Å². The zero-order valence-corrected chi connectivity index (χ0v) is 17.9. The molecule has 2 N–H and O–H groups in total. The van der Waals surface area contributed by atoms with Gasteiger partial charge in [-0.25, -0.2) is 14.8 Å². The smallest absolute Gasteiger partial charge is 0.366 e. The van der Waals surface area contributed by atoms with E-state index in [1.807, 2.05) is 10.2 Å². The Morgan fingerprint density at radius 1 is 1.29 bits per heavy atom. The molecule has 12 heteroatoms. The van der Waals surface area contributed by atoms with Crippen LogP contribution < -0.4 is 20.4 Å². The highest BCUT2D eigenvalue weighted by molar-refractivity contribution is 9.10. The lowest BCUT2D eigenvalue weighted by molar-refractivity contribution is -0.149. The van der Waals surface area contributed by atoms with Crippen molar-refractivity contribution >= 4 is 45.2 Å². The quantitative estimate of drug-likeness (QED) is 0.675. The number of nitrogens with one attached hydrogen (secondary N) is 2. The van der Waals surface area contributed by atoms with Crippen molar-refractivity contribution < 1.29 is 22.8 Å². The summed E-state index contributed by atoms with van der Waals surface area (Å²) in [6, 6.07) is 3.64. The van der Waals surface area contributed by atoms with Crippen LogP contribution in [0.25, 0.3) is 0 Å². The fourth-order valence-electron chi connectivity index (χ4n) is 3.59. The topological polar surface area (TPSA) is 90.5 Å². The summed E-state index contributed by atoms with van der Waals surface area (Å²) in [5.41, 5.74) is 0.447. The molecule has 1 saturated heterocycles. The van der Waals surface area contributed by atoms with Crippen molar-refractivity contribution in [3.63, 3.8) is 0 Å². The Kier molecular flexibility index (Phi) is 5.50. The second kappa shape index (κ2) is 7.98.